The highest BCUT2D eigenvalue weighted by molar-refractivity contribution is 5.94. The zero-order valence-corrected chi connectivity index (χ0v) is 5.53. The van der Waals surface area contributed by atoms with Gasteiger partial charge in [-0.05, 0) is 25.1 Å². The summed E-state index contributed by atoms with van der Waals surface area (Å²) in [6.45, 7) is -2.73. The van der Waals surface area contributed by atoms with E-state index < -0.39 is 24.1 Å². The summed E-state index contributed by atoms with van der Waals surface area (Å²) < 4.78 is 20.5. The van der Waals surface area contributed by atoms with E-state index in [1.54, 1.807) is 0 Å². The zero-order chi connectivity index (χ0) is 10.9. The van der Waals surface area contributed by atoms with Gasteiger partial charge in [0.2, 0.25) is 0 Å². The molecule has 0 bridgehead atoms. The third-order valence-corrected chi connectivity index (χ3v) is 1.24. The first-order valence-corrected chi connectivity index (χ1v) is 2.89. The molecule has 0 spiro atoms. The van der Waals surface area contributed by atoms with E-state index in [4.69, 9.17) is 14.3 Å². The molecule has 0 aliphatic rings. The second-order valence-corrected chi connectivity index (χ2v) is 2.03. The summed E-state index contributed by atoms with van der Waals surface area (Å²) in [4.78, 5) is 11.2. The number of benzene rings is 1. The van der Waals surface area contributed by atoms with E-state index in [0.29, 0.717) is 0 Å². The van der Waals surface area contributed by atoms with Crippen molar-refractivity contribution in [2.45, 2.75) is 6.85 Å². The zero-order valence-electron chi connectivity index (χ0n) is 8.53. The number of ketones is 1. The highest BCUT2D eigenvalue weighted by Crippen LogP contribution is 2.24. The van der Waals surface area contributed by atoms with Gasteiger partial charge in [-0.1, -0.05) is 0 Å². The Kier molecular flexibility index (Phi) is 1.04. The molecule has 0 aliphatic carbocycles. The molecule has 0 aromatic heterocycles. The average Bonchev–Trinajstić information content (AvgIpc) is 2.07. The minimum Gasteiger partial charge on any atom is -0.504 e. The highest BCUT2D eigenvalue weighted by Gasteiger charge is 2.02. The van der Waals surface area contributed by atoms with Crippen LogP contribution in [0.5, 0.6) is 11.5 Å². The van der Waals surface area contributed by atoms with E-state index in [9.17, 15) is 4.79 Å². The Morgan fingerprint density at radius 3 is 2.73 bits per heavy atom. The fourth-order valence-electron chi connectivity index (χ4n) is 0.665. The van der Waals surface area contributed by atoms with Gasteiger partial charge in [0, 0.05) is 9.68 Å². The molecule has 58 valence electrons. The van der Waals surface area contributed by atoms with Crippen molar-refractivity contribution in [2.75, 3.05) is 0 Å². The Bertz CT molecular complexity index is 371. The van der Waals surface area contributed by atoms with Crippen LogP contribution in [0.2, 0.25) is 0 Å². The van der Waals surface area contributed by atoms with E-state index >= 15 is 0 Å². The van der Waals surface area contributed by atoms with Gasteiger partial charge in [-0.15, -0.1) is 0 Å². The average molecular weight is 155 g/mol. The quantitative estimate of drug-likeness (QED) is 0.474. The van der Waals surface area contributed by atoms with E-state index in [-0.39, 0.29) is 5.56 Å². The van der Waals surface area contributed by atoms with Crippen LogP contribution in [-0.2, 0) is 0 Å². The molecule has 3 heteroatoms. The van der Waals surface area contributed by atoms with Crippen molar-refractivity contribution in [3.63, 3.8) is 0 Å². The summed E-state index contributed by atoms with van der Waals surface area (Å²) in [5, 5.41) is 18.0. The van der Waals surface area contributed by atoms with Gasteiger partial charge >= 0.3 is 0 Å². The number of carbonyl (C=O) groups is 1. The number of hydrogen-bond donors (Lipinski definition) is 2. The molecule has 0 amide bonds. The van der Waals surface area contributed by atoms with Gasteiger partial charge in [-0.25, -0.2) is 0 Å². The van der Waals surface area contributed by atoms with Crippen molar-refractivity contribution in [3.05, 3.63) is 23.8 Å². The third kappa shape index (κ3) is 1.49. The van der Waals surface area contributed by atoms with Gasteiger partial charge in [0.05, 0.1) is 0 Å². The Balaban J connectivity index is 3.10. The Hall–Kier alpha value is -1.51. The van der Waals surface area contributed by atoms with E-state index in [0.717, 1.165) is 18.2 Å². The molecule has 0 heterocycles. The van der Waals surface area contributed by atoms with Crippen molar-refractivity contribution in [3.8, 4) is 11.5 Å². The maximum atomic E-state index is 11.2. The maximum absolute atomic E-state index is 11.2. The predicted octanol–water partition coefficient (Wildman–Crippen LogP) is 1.30. The van der Waals surface area contributed by atoms with Crippen molar-refractivity contribution in [1.29, 1.82) is 0 Å². The summed E-state index contributed by atoms with van der Waals surface area (Å²) in [6.07, 6.45) is 0. The fourth-order valence-corrected chi connectivity index (χ4v) is 0.665. The largest absolute Gasteiger partial charge is 0.504 e. The van der Waals surface area contributed by atoms with Crippen molar-refractivity contribution < 1.29 is 19.1 Å². The standard InChI is InChI=1S/C8H8O3/c1-5(9)6-2-3-7(10)8(11)4-6/h2-4,10-11H,1H3/i1D3. The SMILES string of the molecule is [2H]C([2H])([2H])C(=O)c1ccc(O)c(O)c1. The molecule has 0 unspecified atom stereocenters. The topological polar surface area (TPSA) is 57.5 Å². The molecular formula is C8H8O3. The molecule has 0 radical (unpaired) electrons. The lowest BCUT2D eigenvalue weighted by Crippen LogP contribution is -1.89. The smallest absolute Gasteiger partial charge is 0.159 e. The minimum absolute atomic E-state index is 0.152. The first-order valence-electron chi connectivity index (χ1n) is 4.39. The molecule has 1 rings (SSSR count). The van der Waals surface area contributed by atoms with E-state index in [1.807, 2.05) is 0 Å². The Morgan fingerprint density at radius 1 is 1.45 bits per heavy atom. The van der Waals surface area contributed by atoms with Crippen LogP contribution >= 0.6 is 0 Å². The summed E-state index contributed by atoms with van der Waals surface area (Å²) in [5.74, 6) is -1.97. The minimum atomic E-state index is -2.73. The van der Waals surface area contributed by atoms with Crippen LogP contribution in [0.25, 0.3) is 0 Å². The molecule has 0 atom stereocenters. The van der Waals surface area contributed by atoms with Crippen LogP contribution in [0.1, 0.15) is 21.3 Å². The van der Waals surface area contributed by atoms with Gasteiger partial charge in [0.25, 0.3) is 0 Å². The molecule has 0 saturated heterocycles. The third-order valence-electron chi connectivity index (χ3n) is 1.24. The number of carbonyl (C=O) groups excluding carboxylic acids is 1. The second kappa shape index (κ2) is 2.62. The van der Waals surface area contributed by atoms with E-state index in [1.165, 1.54) is 0 Å². The van der Waals surface area contributed by atoms with Crippen LogP contribution in [0.3, 0.4) is 0 Å². The molecule has 0 aliphatic heterocycles. The number of aromatic hydroxyl groups is 2. The van der Waals surface area contributed by atoms with Crippen LogP contribution in [0, 0.1) is 0 Å². The number of Topliss-reactive ketones (excluding diaryl/α,β-unsaturated/α-hetero) is 1. The van der Waals surface area contributed by atoms with Crippen LogP contribution in [-0.4, -0.2) is 16.0 Å². The molecule has 2 N–H and O–H groups in total. The van der Waals surface area contributed by atoms with Crippen LogP contribution < -0.4 is 0 Å². The summed E-state index contributed by atoms with van der Waals surface area (Å²) >= 11 is 0. The summed E-state index contributed by atoms with van der Waals surface area (Å²) in [7, 11) is 0. The first-order chi connectivity index (χ1) is 6.32. The molecule has 0 fully saturated rings. The molecule has 1 aromatic rings. The highest BCUT2D eigenvalue weighted by atomic mass is 16.3. The van der Waals surface area contributed by atoms with Gasteiger partial charge in [0.15, 0.2) is 17.3 Å². The summed E-state index contributed by atoms with van der Waals surface area (Å²) in [5.41, 5.74) is -0.152. The van der Waals surface area contributed by atoms with Gasteiger partial charge in [-0.3, -0.25) is 4.79 Å². The van der Waals surface area contributed by atoms with E-state index in [2.05, 4.69) is 0 Å². The Labute approximate surface area is 68.1 Å². The van der Waals surface area contributed by atoms with Crippen LogP contribution in [0.15, 0.2) is 18.2 Å². The molecule has 1 aromatic carbocycles. The Morgan fingerprint density at radius 2 is 2.18 bits per heavy atom. The fraction of sp³-hybridized carbons (Fsp3) is 0.125. The predicted molar refractivity (Wildman–Crippen MR) is 39.8 cm³/mol. The first kappa shape index (κ1) is 4.38. The molecule has 3 nitrogen and oxygen atoms in total. The van der Waals surface area contributed by atoms with Gasteiger partial charge < -0.3 is 10.2 Å². The number of phenolic OH excluding ortho intramolecular Hbond substituents is 2. The van der Waals surface area contributed by atoms with Gasteiger partial charge in [0.1, 0.15) is 0 Å². The molecule has 11 heavy (non-hydrogen) atoms. The second-order valence-electron chi connectivity index (χ2n) is 2.03. The lowest BCUT2D eigenvalue weighted by atomic mass is 10.1. The van der Waals surface area contributed by atoms with Crippen LogP contribution in [0.4, 0.5) is 0 Å². The lowest BCUT2D eigenvalue weighted by Gasteiger charge is -1.98. The maximum Gasteiger partial charge on any atom is 0.159 e. The normalized spacial score (nSPS) is 14.7. The van der Waals surface area contributed by atoms with Crippen molar-refractivity contribution >= 4 is 5.78 Å². The van der Waals surface area contributed by atoms with Crippen molar-refractivity contribution in [2.24, 2.45) is 0 Å². The molecule has 0 saturated carbocycles. The number of rotatable bonds is 1. The lowest BCUT2D eigenvalue weighted by molar-refractivity contribution is 0.101. The monoisotopic (exact) mass is 155 g/mol. The molecular weight excluding hydrogens is 144 g/mol. The summed E-state index contributed by atoms with van der Waals surface area (Å²) in [6, 6.07) is 3.13. The van der Waals surface area contributed by atoms with Gasteiger partial charge in [-0.2, -0.15) is 0 Å². The number of phenols is 2. The number of hydrogen-bond acceptors (Lipinski definition) is 3. The van der Waals surface area contributed by atoms with Crippen molar-refractivity contribution in [1.82, 2.24) is 0 Å².